The van der Waals surface area contributed by atoms with Gasteiger partial charge in [-0.3, -0.25) is 4.98 Å². The molecule has 0 saturated carbocycles. The molecule has 2 aromatic heterocycles. The monoisotopic (exact) mass is 265 g/mol. The van der Waals surface area contributed by atoms with Crippen molar-refractivity contribution in [2.24, 2.45) is 0 Å². The molecular weight excluding hydrogens is 254 g/mol. The van der Waals surface area contributed by atoms with Crippen LogP contribution in [0.3, 0.4) is 0 Å². The molecule has 5 heteroatoms. The van der Waals surface area contributed by atoms with Crippen LogP contribution in [0.25, 0.3) is 22.4 Å². The number of nitrogens with zero attached hydrogens (tertiary/aromatic N) is 3. The molecule has 1 aliphatic heterocycles. The lowest BCUT2D eigenvalue weighted by atomic mass is 10.1. The summed E-state index contributed by atoms with van der Waals surface area (Å²) < 4.78 is 11.1. The van der Waals surface area contributed by atoms with Crippen molar-refractivity contribution in [2.45, 2.75) is 0 Å². The number of pyridine rings is 1. The highest BCUT2D eigenvalue weighted by molar-refractivity contribution is 5.75. The Bertz CT molecular complexity index is 789. The molecule has 0 radical (unpaired) electrons. The van der Waals surface area contributed by atoms with E-state index in [1.807, 2.05) is 30.3 Å². The Labute approximate surface area is 115 Å². The Morgan fingerprint density at radius 2 is 1.80 bits per heavy atom. The van der Waals surface area contributed by atoms with Gasteiger partial charge in [-0.15, -0.1) is 0 Å². The smallest absolute Gasteiger partial charge is 0.162 e. The predicted molar refractivity (Wildman–Crippen MR) is 73.8 cm³/mol. The van der Waals surface area contributed by atoms with E-state index < -0.39 is 0 Å². The molecule has 0 unspecified atom stereocenters. The molecule has 0 atom stereocenters. The molecule has 98 valence electrons. The lowest BCUT2D eigenvalue weighted by Gasteiger charge is -2.18. The van der Waals surface area contributed by atoms with E-state index in [4.69, 9.17) is 9.47 Å². The van der Waals surface area contributed by atoms with Crippen molar-refractivity contribution in [1.29, 1.82) is 0 Å². The fourth-order valence-corrected chi connectivity index (χ4v) is 2.19. The van der Waals surface area contributed by atoms with Crippen molar-refractivity contribution in [2.75, 3.05) is 13.2 Å². The zero-order valence-corrected chi connectivity index (χ0v) is 10.6. The lowest BCUT2D eigenvalue weighted by Crippen LogP contribution is -2.15. The molecule has 1 aromatic carbocycles. The Morgan fingerprint density at radius 3 is 2.75 bits per heavy atom. The summed E-state index contributed by atoms with van der Waals surface area (Å²) in [5.74, 6) is 2.16. The van der Waals surface area contributed by atoms with E-state index in [-0.39, 0.29) is 0 Å². The summed E-state index contributed by atoms with van der Waals surface area (Å²) in [6, 6.07) is 9.52. The van der Waals surface area contributed by atoms with Gasteiger partial charge in [0.05, 0.1) is 11.7 Å². The van der Waals surface area contributed by atoms with Crippen molar-refractivity contribution in [3.8, 4) is 22.9 Å². The summed E-state index contributed by atoms with van der Waals surface area (Å²) in [5.41, 5.74) is 2.51. The van der Waals surface area contributed by atoms with Gasteiger partial charge in [-0.05, 0) is 30.3 Å². The van der Waals surface area contributed by atoms with Crippen molar-refractivity contribution < 1.29 is 9.47 Å². The van der Waals surface area contributed by atoms with Gasteiger partial charge in [0, 0.05) is 11.8 Å². The molecule has 0 aliphatic carbocycles. The maximum absolute atomic E-state index is 5.58. The average molecular weight is 265 g/mol. The van der Waals surface area contributed by atoms with Crippen LogP contribution >= 0.6 is 0 Å². The molecular formula is C15H11N3O2. The Morgan fingerprint density at radius 1 is 0.900 bits per heavy atom. The quantitative estimate of drug-likeness (QED) is 0.676. The van der Waals surface area contributed by atoms with E-state index in [9.17, 15) is 0 Å². The fraction of sp³-hybridized carbons (Fsp3) is 0.133. The highest BCUT2D eigenvalue weighted by Gasteiger charge is 2.13. The number of hydrogen-bond donors (Lipinski definition) is 0. The van der Waals surface area contributed by atoms with Gasteiger partial charge >= 0.3 is 0 Å². The number of ether oxygens (including phenoxy) is 2. The Balaban J connectivity index is 1.82. The predicted octanol–water partition coefficient (Wildman–Crippen LogP) is 2.46. The maximum atomic E-state index is 5.58. The minimum Gasteiger partial charge on any atom is -0.486 e. The molecule has 0 bridgehead atoms. The molecule has 3 aromatic rings. The SMILES string of the molecule is c1cnc2cnc(-c3ccc4c(c3)OCCO4)nc2c1. The van der Waals surface area contributed by atoms with Crippen LogP contribution in [0.2, 0.25) is 0 Å². The summed E-state index contributed by atoms with van der Waals surface area (Å²) in [4.78, 5) is 13.1. The average Bonchev–Trinajstić information content (AvgIpc) is 2.54. The van der Waals surface area contributed by atoms with E-state index in [2.05, 4.69) is 15.0 Å². The van der Waals surface area contributed by atoms with Gasteiger partial charge in [-0.1, -0.05) is 0 Å². The van der Waals surface area contributed by atoms with Crippen LogP contribution in [0.5, 0.6) is 11.5 Å². The lowest BCUT2D eigenvalue weighted by molar-refractivity contribution is 0.171. The molecule has 4 rings (SSSR count). The summed E-state index contributed by atoms with van der Waals surface area (Å²) >= 11 is 0. The van der Waals surface area contributed by atoms with Crippen molar-refractivity contribution >= 4 is 11.0 Å². The summed E-state index contributed by atoms with van der Waals surface area (Å²) in [5, 5.41) is 0. The Hall–Kier alpha value is -2.69. The van der Waals surface area contributed by atoms with Crippen molar-refractivity contribution in [1.82, 2.24) is 15.0 Å². The summed E-state index contributed by atoms with van der Waals surface area (Å²) in [6.45, 7) is 1.16. The highest BCUT2D eigenvalue weighted by atomic mass is 16.6. The first kappa shape index (κ1) is 11.2. The third-order valence-electron chi connectivity index (χ3n) is 3.15. The van der Waals surface area contributed by atoms with E-state index in [1.54, 1.807) is 12.4 Å². The van der Waals surface area contributed by atoms with Gasteiger partial charge in [-0.2, -0.15) is 0 Å². The van der Waals surface area contributed by atoms with Crippen LogP contribution in [0.1, 0.15) is 0 Å². The number of aromatic nitrogens is 3. The molecule has 0 N–H and O–H groups in total. The van der Waals surface area contributed by atoms with Gasteiger partial charge in [0.2, 0.25) is 0 Å². The molecule has 5 nitrogen and oxygen atoms in total. The molecule has 0 spiro atoms. The summed E-state index contributed by atoms with van der Waals surface area (Å²) in [6.07, 6.45) is 3.46. The van der Waals surface area contributed by atoms with Gasteiger partial charge in [-0.25, -0.2) is 9.97 Å². The fourth-order valence-electron chi connectivity index (χ4n) is 2.19. The molecule has 0 fully saturated rings. The second-order valence-corrected chi connectivity index (χ2v) is 4.46. The molecule has 3 heterocycles. The second kappa shape index (κ2) is 4.45. The van der Waals surface area contributed by atoms with Crippen LogP contribution in [0.4, 0.5) is 0 Å². The van der Waals surface area contributed by atoms with Gasteiger partial charge in [0.25, 0.3) is 0 Å². The molecule has 20 heavy (non-hydrogen) atoms. The first-order valence-corrected chi connectivity index (χ1v) is 6.38. The Kier molecular flexibility index (Phi) is 2.48. The standard InChI is InChI=1S/C15H11N3O2/c1-2-11-12(16-5-1)9-17-15(18-11)10-3-4-13-14(8-10)20-7-6-19-13/h1-5,8-9H,6-7H2. The first-order chi connectivity index (χ1) is 9.90. The van der Waals surface area contributed by atoms with Crippen LogP contribution in [0, 0.1) is 0 Å². The van der Waals surface area contributed by atoms with Crippen molar-refractivity contribution in [3.05, 3.63) is 42.7 Å². The first-order valence-electron chi connectivity index (χ1n) is 6.38. The van der Waals surface area contributed by atoms with Gasteiger partial charge < -0.3 is 9.47 Å². The van der Waals surface area contributed by atoms with Crippen molar-refractivity contribution in [3.63, 3.8) is 0 Å². The second-order valence-electron chi connectivity index (χ2n) is 4.46. The van der Waals surface area contributed by atoms with Gasteiger partial charge in [0.15, 0.2) is 17.3 Å². The minimum atomic E-state index is 0.568. The van der Waals surface area contributed by atoms with E-state index >= 15 is 0 Å². The van der Waals surface area contributed by atoms with Gasteiger partial charge in [0.1, 0.15) is 18.7 Å². The topological polar surface area (TPSA) is 57.1 Å². The number of benzene rings is 1. The molecule has 0 saturated heterocycles. The third kappa shape index (κ3) is 1.84. The van der Waals surface area contributed by atoms with Crippen LogP contribution < -0.4 is 9.47 Å². The maximum Gasteiger partial charge on any atom is 0.162 e. The van der Waals surface area contributed by atoms with E-state index in [1.165, 1.54) is 0 Å². The third-order valence-corrected chi connectivity index (χ3v) is 3.15. The number of fused-ring (bicyclic) bond motifs is 2. The van der Waals surface area contributed by atoms with Crippen LogP contribution in [-0.2, 0) is 0 Å². The molecule has 0 amide bonds. The minimum absolute atomic E-state index is 0.568. The molecule has 1 aliphatic rings. The highest BCUT2D eigenvalue weighted by Crippen LogP contribution is 2.33. The zero-order valence-electron chi connectivity index (χ0n) is 10.6. The van der Waals surface area contributed by atoms with Crippen LogP contribution in [-0.4, -0.2) is 28.2 Å². The normalized spacial score (nSPS) is 13.4. The zero-order chi connectivity index (χ0) is 13.4. The van der Waals surface area contributed by atoms with Crippen LogP contribution in [0.15, 0.2) is 42.7 Å². The summed E-state index contributed by atoms with van der Waals surface area (Å²) in [7, 11) is 0. The number of rotatable bonds is 1. The number of hydrogen-bond acceptors (Lipinski definition) is 5. The van der Waals surface area contributed by atoms with E-state index in [0.717, 1.165) is 28.1 Å². The van der Waals surface area contributed by atoms with E-state index in [0.29, 0.717) is 19.0 Å². The largest absolute Gasteiger partial charge is 0.486 e.